The van der Waals surface area contributed by atoms with Gasteiger partial charge in [0.25, 0.3) is 17.7 Å². The van der Waals surface area contributed by atoms with Crippen LogP contribution in [0.3, 0.4) is 0 Å². The third-order valence-corrected chi connectivity index (χ3v) is 11.8. The number of halogens is 1. The number of hydrogen-bond donors (Lipinski definition) is 2. The third kappa shape index (κ3) is 6.61. The normalized spacial score (nSPS) is 15.7. The number of thiophene rings is 1. The SMILES string of the molecule is Cc1cnc(N2CC3(CCOCC3)C2)c(C(=O)Nc2ccc(C(=O)N3CCc4cc(C(=O)Nc5c(C)cccc5C#N)sc4-c4ccc(F)cc43)cc2)c1. The van der Waals surface area contributed by atoms with Gasteiger partial charge in [-0.1, -0.05) is 12.1 Å². The highest BCUT2D eigenvalue weighted by Gasteiger charge is 2.45. The number of anilines is 4. The fraction of sp³-hybridized carbons (Fsp3) is 0.262. The van der Waals surface area contributed by atoms with Crippen molar-refractivity contribution in [3.05, 3.63) is 123 Å². The number of hydrogen-bond acceptors (Lipinski definition) is 8. The summed E-state index contributed by atoms with van der Waals surface area (Å²) in [6.07, 6.45) is 4.23. The van der Waals surface area contributed by atoms with Gasteiger partial charge in [-0.3, -0.25) is 14.4 Å². The molecule has 5 aromatic rings. The molecule has 2 N–H and O–H groups in total. The smallest absolute Gasteiger partial charge is 0.265 e. The maximum Gasteiger partial charge on any atom is 0.265 e. The largest absolute Gasteiger partial charge is 0.381 e. The highest BCUT2D eigenvalue weighted by atomic mass is 32.1. The maximum atomic E-state index is 14.8. The predicted molar refractivity (Wildman–Crippen MR) is 207 cm³/mol. The number of aromatic nitrogens is 1. The summed E-state index contributed by atoms with van der Waals surface area (Å²) in [4.78, 5) is 50.7. The van der Waals surface area contributed by atoms with Crippen LogP contribution < -0.4 is 20.4 Å². The number of nitrogens with zero attached hydrogens (tertiary/aromatic N) is 4. The van der Waals surface area contributed by atoms with Crippen molar-refractivity contribution in [2.75, 3.05) is 53.3 Å². The van der Waals surface area contributed by atoms with Gasteiger partial charge in [-0.05, 0) is 110 Å². The number of aryl methyl sites for hydroxylation is 2. The molecule has 3 aromatic carbocycles. The van der Waals surface area contributed by atoms with E-state index in [1.54, 1.807) is 59.6 Å². The molecule has 1 spiro atoms. The molecule has 3 aliphatic rings. The molecule has 3 aliphatic heterocycles. The summed E-state index contributed by atoms with van der Waals surface area (Å²) >= 11 is 1.27. The van der Waals surface area contributed by atoms with Gasteiger partial charge in [-0.15, -0.1) is 11.3 Å². The lowest BCUT2D eigenvalue weighted by atomic mass is 9.73. The molecule has 2 saturated heterocycles. The van der Waals surface area contributed by atoms with Crippen LogP contribution in [0.4, 0.5) is 27.3 Å². The Morgan fingerprint density at radius 1 is 0.963 bits per heavy atom. The first-order chi connectivity index (χ1) is 26.1. The van der Waals surface area contributed by atoms with Gasteiger partial charge in [0.2, 0.25) is 0 Å². The van der Waals surface area contributed by atoms with Crippen molar-refractivity contribution in [1.82, 2.24) is 4.98 Å². The molecule has 0 aliphatic carbocycles. The minimum absolute atomic E-state index is 0.220. The Bertz CT molecular complexity index is 2350. The number of pyridine rings is 1. The summed E-state index contributed by atoms with van der Waals surface area (Å²) in [6, 6.07) is 22.0. The van der Waals surface area contributed by atoms with E-state index in [9.17, 15) is 24.0 Å². The number of ether oxygens (including phenoxy) is 1. The topological polar surface area (TPSA) is 128 Å². The molecule has 0 atom stereocenters. The molecule has 0 bridgehead atoms. The Kier molecular flexibility index (Phi) is 9.21. The molecule has 8 rings (SSSR count). The number of para-hydroxylation sites is 1. The number of amides is 3. The van der Waals surface area contributed by atoms with Crippen molar-refractivity contribution in [3.8, 4) is 16.5 Å². The van der Waals surface area contributed by atoms with Gasteiger partial charge in [0.15, 0.2) is 0 Å². The van der Waals surface area contributed by atoms with Gasteiger partial charge in [-0.2, -0.15) is 5.26 Å². The Morgan fingerprint density at radius 2 is 1.74 bits per heavy atom. The van der Waals surface area contributed by atoms with Crippen LogP contribution in [0.1, 0.15) is 65.5 Å². The summed E-state index contributed by atoms with van der Waals surface area (Å²) < 4.78 is 20.3. The highest BCUT2D eigenvalue weighted by molar-refractivity contribution is 7.17. The molecule has 2 aromatic heterocycles. The molecule has 54 heavy (non-hydrogen) atoms. The van der Waals surface area contributed by atoms with Crippen LogP contribution >= 0.6 is 11.3 Å². The maximum absolute atomic E-state index is 14.8. The van der Waals surface area contributed by atoms with E-state index < -0.39 is 5.82 Å². The van der Waals surface area contributed by atoms with Gasteiger partial charge in [0.1, 0.15) is 17.7 Å². The molecule has 2 fully saturated rings. The van der Waals surface area contributed by atoms with Gasteiger partial charge in [0, 0.05) is 66.2 Å². The molecule has 272 valence electrons. The zero-order valence-corrected chi connectivity index (χ0v) is 30.7. The van der Waals surface area contributed by atoms with Crippen LogP contribution in [-0.4, -0.2) is 55.6 Å². The van der Waals surface area contributed by atoms with Crippen molar-refractivity contribution in [2.45, 2.75) is 33.1 Å². The van der Waals surface area contributed by atoms with Gasteiger partial charge < -0.3 is 25.2 Å². The molecule has 0 saturated carbocycles. The van der Waals surface area contributed by atoms with Crippen molar-refractivity contribution in [3.63, 3.8) is 0 Å². The Morgan fingerprint density at radius 3 is 2.50 bits per heavy atom. The molecular formula is C42H37FN6O4S. The summed E-state index contributed by atoms with van der Waals surface area (Å²) in [5.74, 6) is -0.774. The fourth-order valence-corrected chi connectivity index (χ4v) is 8.74. The molecule has 0 radical (unpaired) electrons. The van der Waals surface area contributed by atoms with E-state index in [0.717, 1.165) is 60.7 Å². The van der Waals surface area contributed by atoms with Crippen LogP contribution in [0.5, 0.6) is 0 Å². The van der Waals surface area contributed by atoms with Crippen molar-refractivity contribution < 1.29 is 23.5 Å². The van der Waals surface area contributed by atoms with Gasteiger partial charge in [-0.25, -0.2) is 9.37 Å². The summed E-state index contributed by atoms with van der Waals surface area (Å²) in [5, 5.41) is 15.4. The van der Waals surface area contributed by atoms with Crippen LogP contribution in [0, 0.1) is 36.4 Å². The van der Waals surface area contributed by atoms with E-state index in [4.69, 9.17) is 4.74 Å². The monoisotopic (exact) mass is 740 g/mol. The first-order valence-electron chi connectivity index (χ1n) is 17.9. The van der Waals surface area contributed by atoms with Crippen LogP contribution in [0.25, 0.3) is 10.4 Å². The van der Waals surface area contributed by atoms with E-state index in [1.165, 1.54) is 23.5 Å². The van der Waals surface area contributed by atoms with Crippen LogP contribution in [-0.2, 0) is 11.2 Å². The number of nitrogens with one attached hydrogen (secondary N) is 2. The molecular weight excluding hydrogens is 704 g/mol. The van der Waals surface area contributed by atoms with Gasteiger partial charge in [0.05, 0.1) is 27.4 Å². The average Bonchev–Trinajstić information content (AvgIpc) is 3.53. The van der Waals surface area contributed by atoms with E-state index in [-0.39, 0.29) is 29.7 Å². The highest BCUT2D eigenvalue weighted by Crippen LogP contribution is 2.44. The predicted octanol–water partition coefficient (Wildman–Crippen LogP) is 7.76. The average molecular weight is 741 g/mol. The van der Waals surface area contributed by atoms with E-state index in [1.807, 2.05) is 26.0 Å². The molecule has 3 amide bonds. The van der Waals surface area contributed by atoms with Crippen LogP contribution in [0.2, 0.25) is 0 Å². The summed E-state index contributed by atoms with van der Waals surface area (Å²) in [6.45, 7) is 7.20. The first-order valence-corrected chi connectivity index (χ1v) is 18.7. The minimum atomic E-state index is -0.489. The molecule has 0 unspecified atom stereocenters. The fourth-order valence-electron chi connectivity index (χ4n) is 7.61. The zero-order valence-electron chi connectivity index (χ0n) is 29.9. The molecule has 10 nitrogen and oxygen atoms in total. The second-order valence-electron chi connectivity index (χ2n) is 14.3. The lowest BCUT2D eigenvalue weighted by Crippen LogP contribution is -2.59. The number of carbonyl (C=O) groups excluding carboxylic acids is 3. The zero-order chi connectivity index (χ0) is 37.6. The number of rotatable bonds is 6. The van der Waals surface area contributed by atoms with E-state index >= 15 is 0 Å². The second-order valence-corrected chi connectivity index (χ2v) is 15.3. The number of nitriles is 1. The minimum Gasteiger partial charge on any atom is -0.381 e. The number of benzene rings is 3. The quantitative estimate of drug-likeness (QED) is 0.182. The standard InChI is InChI=1S/C42H37FN6O4S/c1-25-18-33(38(45-22-25)48-23-42(24-48)13-16-53-17-14-42)39(50)46-31-9-6-27(7-10-31)41(52)49-15-12-28-19-35(54-37(28)32-11-8-30(43)20-34(32)49)40(51)47-36-26(2)4-3-5-29(36)21-44/h3-11,18-20,22H,12-17,23-24H2,1-2H3,(H,46,50)(H,47,51). The molecule has 5 heterocycles. The van der Waals surface area contributed by atoms with E-state index in [0.29, 0.717) is 56.4 Å². The second kappa shape index (κ2) is 14.2. The lowest BCUT2D eigenvalue weighted by Gasteiger charge is -2.53. The number of fused-ring (bicyclic) bond motifs is 3. The first kappa shape index (κ1) is 35.1. The Hall–Kier alpha value is -5.90. The summed E-state index contributed by atoms with van der Waals surface area (Å²) in [7, 11) is 0. The van der Waals surface area contributed by atoms with Gasteiger partial charge >= 0.3 is 0 Å². The van der Waals surface area contributed by atoms with Crippen molar-refractivity contribution in [1.29, 1.82) is 5.26 Å². The van der Waals surface area contributed by atoms with E-state index in [2.05, 4.69) is 26.6 Å². The number of carbonyl (C=O) groups is 3. The van der Waals surface area contributed by atoms with Crippen molar-refractivity contribution >= 4 is 51.9 Å². The lowest BCUT2D eigenvalue weighted by molar-refractivity contribution is -0.000511. The third-order valence-electron chi connectivity index (χ3n) is 10.6. The summed E-state index contributed by atoms with van der Waals surface area (Å²) in [5.41, 5.74) is 6.02. The Balaban J connectivity index is 0.993. The van der Waals surface area contributed by atoms with Crippen LogP contribution in [0.15, 0.2) is 79.0 Å². The Labute approximate surface area is 316 Å². The molecule has 12 heteroatoms. The van der Waals surface area contributed by atoms with Crippen molar-refractivity contribution in [2.24, 2.45) is 5.41 Å².